The minimum atomic E-state index is 0.598. The Morgan fingerprint density at radius 1 is 1.35 bits per heavy atom. The third-order valence-electron chi connectivity index (χ3n) is 3.22. The molecule has 94 valence electrons. The molecule has 2 heterocycles. The molecule has 0 amide bonds. The van der Waals surface area contributed by atoms with Crippen LogP contribution in [0, 0.1) is 5.92 Å². The fraction of sp³-hybridized carbons (Fsp3) is 0.615. The van der Waals surface area contributed by atoms with Gasteiger partial charge in [0.1, 0.15) is 0 Å². The number of methoxy groups -OCH3 is 2. The van der Waals surface area contributed by atoms with E-state index in [-0.39, 0.29) is 0 Å². The van der Waals surface area contributed by atoms with Gasteiger partial charge in [0.15, 0.2) is 0 Å². The average molecular weight is 236 g/mol. The minimum absolute atomic E-state index is 0.598. The molecule has 0 saturated carbocycles. The van der Waals surface area contributed by atoms with E-state index in [1.807, 2.05) is 12.1 Å². The fourth-order valence-corrected chi connectivity index (χ4v) is 2.27. The summed E-state index contributed by atoms with van der Waals surface area (Å²) in [6.45, 7) is 5.53. The van der Waals surface area contributed by atoms with Crippen LogP contribution < -0.4 is 9.47 Å². The quantitative estimate of drug-likeness (QED) is 0.800. The van der Waals surface area contributed by atoms with Gasteiger partial charge in [0.2, 0.25) is 11.8 Å². The Kier molecular flexibility index (Phi) is 3.84. The van der Waals surface area contributed by atoms with E-state index in [4.69, 9.17) is 9.47 Å². The molecule has 4 heteroatoms. The summed E-state index contributed by atoms with van der Waals surface area (Å²) in [6.07, 6.45) is 1.28. The maximum atomic E-state index is 5.31. The van der Waals surface area contributed by atoms with Gasteiger partial charge in [0.05, 0.1) is 14.2 Å². The van der Waals surface area contributed by atoms with Crippen LogP contribution in [0.1, 0.15) is 18.9 Å². The predicted molar refractivity (Wildman–Crippen MR) is 66.4 cm³/mol. The van der Waals surface area contributed by atoms with Gasteiger partial charge in [-0.2, -0.15) is 4.98 Å². The van der Waals surface area contributed by atoms with E-state index >= 15 is 0 Å². The Balaban J connectivity index is 2.09. The van der Waals surface area contributed by atoms with Crippen LogP contribution in [-0.2, 0) is 6.54 Å². The zero-order valence-corrected chi connectivity index (χ0v) is 10.8. The minimum Gasteiger partial charge on any atom is -0.481 e. The molecule has 0 aromatic carbocycles. The molecule has 0 bridgehead atoms. The maximum Gasteiger partial charge on any atom is 0.220 e. The van der Waals surface area contributed by atoms with Crippen molar-refractivity contribution in [1.29, 1.82) is 0 Å². The van der Waals surface area contributed by atoms with Crippen molar-refractivity contribution in [2.45, 2.75) is 19.9 Å². The van der Waals surface area contributed by atoms with Crippen LogP contribution in [0.25, 0.3) is 0 Å². The van der Waals surface area contributed by atoms with E-state index < -0.39 is 0 Å². The molecule has 0 N–H and O–H groups in total. The first-order valence-electron chi connectivity index (χ1n) is 6.03. The van der Waals surface area contributed by atoms with E-state index in [9.17, 15) is 0 Å². The van der Waals surface area contributed by atoms with Gasteiger partial charge in [0, 0.05) is 24.7 Å². The molecule has 1 saturated heterocycles. The van der Waals surface area contributed by atoms with Crippen LogP contribution in [0.4, 0.5) is 0 Å². The van der Waals surface area contributed by atoms with Gasteiger partial charge in [-0.1, -0.05) is 6.92 Å². The Labute approximate surface area is 103 Å². The molecule has 0 aliphatic carbocycles. The normalized spacial score (nSPS) is 20.5. The first kappa shape index (κ1) is 12.2. The summed E-state index contributed by atoms with van der Waals surface area (Å²) >= 11 is 0. The summed E-state index contributed by atoms with van der Waals surface area (Å²) in [6, 6.07) is 3.92. The van der Waals surface area contributed by atoms with Crippen molar-refractivity contribution in [3.8, 4) is 11.8 Å². The maximum absolute atomic E-state index is 5.31. The van der Waals surface area contributed by atoms with Gasteiger partial charge < -0.3 is 9.47 Å². The molecule has 17 heavy (non-hydrogen) atoms. The second-order valence-electron chi connectivity index (χ2n) is 4.65. The van der Waals surface area contributed by atoms with Crippen LogP contribution in [0.5, 0.6) is 11.8 Å². The number of nitrogens with zero attached hydrogens (tertiary/aromatic N) is 2. The molecule has 1 aliphatic rings. The molecule has 1 aromatic rings. The summed E-state index contributed by atoms with van der Waals surface area (Å²) < 4.78 is 10.4. The van der Waals surface area contributed by atoms with Crippen LogP contribution in [0.3, 0.4) is 0 Å². The number of aromatic nitrogens is 1. The lowest BCUT2D eigenvalue weighted by Crippen LogP contribution is -2.20. The highest BCUT2D eigenvalue weighted by atomic mass is 16.5. The summed E-state index contributed by atoms with van der Waals surface area (Å²) in [5.41, 5.74) is 1.13. The zero-order chi connectivity index (χ0) is 12.3. The van der Waals surface area contributed by atoms with Gasteiger partial charge in [-0.25, -0.2) is 0 Å². The number of likely N-dealkylation sites (tertiary alicyclic amines) is 1. The molecule has 0 unspecified atom stereocenters. The standard InChI is InChI=1S/C13H20N2O2/c1-10-6-7-15(8-10)9-11-4-5-12(16-2)14-13(11)17-3/h4-5,10H,6-9H2,1-3H3/t10-/m1/s1. The van der Waals surface area contributed by atoms with Crippen molar-refractivity contribution in [3.05, 3.63) is 17.7 Å². The largest absolute Gasteiger partial charge is 0.481 e. The van der Waals surface area contributed by atoms with Gasteiger partial charge in [0.25, 0.3) is 0 Å². The van der Waals surface area contributed by atoms with Crippen molar-refractivity contribution in [3.63, 3.8) is 0 Å². The first-order valence-corrected chi connectivity index (χ1v) is 6.03. The highest BCUT2D eigenvalue weighted by molar-refractivity contribution is 5.30. The summed E-state index contributed by atoms with van der Waals surface area (Å²) in [4.78, 5) is 6.74. The third-order valence-corrected chi connectivity index (χ3v) is 3.22. The van der Waals surface area contributed by atoms with Gasteiger partial charge in [-0.05, 0) is 24.9 Å². The van der Waals surface area contributed by atoms with Crippen LogP contribution in [0.15, 0.2) is 12.1 Å². The second kappa shape index (κ2) is 5.36. The number of rotatable bonds is 4. The van der Waals surface area contributed by atoms with Crippen LogP contribution in [-0.4, -0.2) is 37.2 Å². The number of pyridine rings is 1. The highest BCUT2D eigenvalue weighted by Crippen LogP contribution is 2.24. The summed E-state index contributed by atoms with van der Waals surface area (Å²) in [5, 5.41) is 0. The van der Waals surface area contributed by atoms with E-state index in [0.29, 0.717) is 11.8 Å². The van der Waals surface area contributed by atoms with Gasteiger partial charge in [-0.3, -0.25) is 4.90 Å². The van der Waals surface area contributed by atoms with Crippen LogP contribution >= 0.6 is 0 Å². The molecule has 0 spiro atoms. The molecule has 1 aromatic heterocycles. The molecule has 1 atom stereocenters. The molecular weight excluding hydrogens is 216 g/mol. The van der Waals surface area contributed by atoms with E-state index in [1.54, 1.807) is 14.2 Å². The van der Waals surface area contributed by atoms with E-state index in [1.165, 1.54) is 6.42 Å². The zero-order valence-electron chi connectivity index (χ0n) is 10.8. The number of hydrogen-bond acceptors (Lipinski definition) is 4. The van der Waals surface area contributed by atoms with Crippen molar-refractivity contribution in [1.82, 2.24) is 9.88 Å². The van der Waals surface area contributed by atoms with Gasteiger partial charge in [-0.15, -0.1) is 0 Å². The first-order chi connectivity index (χ1) is 8.22. The fourth-order valence-electron chi connectivity index (χ4n) is 2.27. The molecule has 0 radical (unpaired) electrons. The number of hydrogen-bond donors (Lipinski definition) is 0. The molecule has 2 rings (SSSR count). The third kappa shape index (κ3) is 2.88. The second-order valence-corrected chi connectivity index (χ2v) is 4.65. The molecule has 1 aliphatic heterocycles. The van der Waals surface area contributed by atoms with Crippen molar-refractivity contribution >= 4 is 0 Å². The smallest absolute Gasteiger partial charge is 0.220 e. The van der Waals surface area contributed by atoms with E-state index in [0.717, 1.165) is 31.1 Å². The summed E-state index contributed by atoms with van der Waals surface area (Å²) in [5.74, 6) is 2.07. The van der Waals surface area contributed by atoms with Crippen molar-refractivity contribution < 1.29 is 9.47 Å². The van der Waals surface area contributed by atoms with E-state index in [2.05, 4.69) is 16.8 Å². The lowest BCUT2D eigenvalue weighted by Gasteiger charge is -2.17. The molecule has 4 nitrogen and oxygen atoms in total. The lowest BCUT2D eigenvalue weighted by molar-refractivity contribution is 0.305. The lowest BCUT2D eigenvalue weighted by atomic mass is 10.2. The topological polar surface area (TPSA) is 34.6 Å². The Morgan fingerprint density at radius 3 is 2.76 bits per heavy atom. The van der Waals surface area contributed by atoms with Gasteiger partial charge >= 0.3 is 0 Å². The molecular formula is C13H20N2O2. The highest BCUT2D eigenvalue weighted by Gasteiger charge is 2.20. The van der Waals surface area contributed by atoms with Crippen molar-refractivity contribution in [2.24, 2.45) is 5.92 Å². The predicted octanol–water partition coefficient (Wildman–Crippen LogP) is 1.94. The Bertz CT molecular complexity index is 382. The summed E-state index contributed by atoms with van der Waals surface area (Å²) in [7, 11) is 3.27. The molecule has 1 fully saturated rings. The SMILES string of the molecule is COc1ccc(CN2CC[C@@H](C)C2)c(OC)n1. The number of ether oxygens (including phenoxy) is 2. The monoisotopic (exact) mass is 236 g/mol. The van der Waals surface area contributed by atoms with Crippen LogP contribution in [0.2, 0.25) is 0 Å². The Hall–Kier alpha value is -1.29. The average Bonchev–Trinajstić information content (AvgIpc) is 2.75. The Morgan fingerprint density at radius 2 is 2.18 bits per heavy atom. The van der Waals surface area contributed by atoms with Crippen molar-refractivity contribution in [2.75, 3.05) is 27.3 Å².